The standard InChI is InChI=1S/C18H16ClN3O3/c1-25-18(23)17-13-5-2-3-6-15(13)20-16-11-12(7-8-14(16)17)22(21-24)10-4-9-19/h2-3,5-8,11H,4,9-10H2,1H3. The maximum atomic E-state index is 12.3. The lowest BCUT2D eigenvalue weighted by molar-refractivity contribution is 0.0605. The van der Waals surface area contributed by atoms with Crippen molar-refractivity contribution >= 4 is 45.1 Å². The predicted octanol–water partition coefficient (Wildman–Crippen LogP) is 4.29. The van der Waals surface area contributed by atoms with E-state index >= 15 is 0 Å². The zero-order valence-corrected chi connectivity index (χ0v) is 14.4. The summed E-state index contributed by atoms with van der Waals surface area (Å²) in [6, 6.07) is 12.6. The van der Waals surface area contributed by atoms with Crippen LogP contribution in [0.2, 0.25) is 0 Å². The molecule has 7 heteroatoms. The van der Waals surface area contributed by atoms with Gasteiger partial charge < -0.3 is 4.74 Å². The van der Waals surface area contributed by atoms with Gasteiger partial charge in [-0.25, -0.2) is 14.8 Å². The number of methoxy groups -OCH3 is 1. The Hall–Kier alpha value is -2.73. The summed E-state index contributed by atoms with van der Waals surface area (Å²) in [5.41, 5.74) is 2.34. The number of nitroso groups, excluding NO2 is 1. The van der Waals surface area contributed by atoms with Crippen LogP contribution >= 0.6 is 11.6 Å². The molecule has 3 aromatic rings. The van der Waals surface area contributed by atoms with Crippen molar-refractivity contribution < 1.29 is 9.53 Å². The summed E-state index contributed by atoms with van der Waals surface area (Å²) in [6.45, 7) is 0.413. The third-order valence-corrected chi connectivity index (χ3v) is 4.22. The molecule has 0 aliphatic rings. The van der Waals surface area contributed by atoms with Crippen LogP contribution in [-0.4, -0.2) is 30.5 Å². The number of alkyl halides is 1. The van der Waals surface area contributed by atoms with Gasteiger partial charge in [-0.2, -0.15) is 0 Å². The molecule has 1 aromatic heterocycles. The van der Waals surface area contributed by atoms with Crippen LogP contribution in [0.4, 0.5) is 5.69 Å². The van der Waals surface area contributed by atoms with E-state index in [1.807, 2.05) is 24.3 Å². The number of hydrogen-bond acceptors (Lipinski definition) is 5. The predicted molar refractivity (Wildman–Crippen MR) is 99.1 cm³/mol. The quantitative estimate of drug-likeness (QED) is 0.216. The summed E-state index contributed by atoms with van der Waals surface area (Å²) in [5, 5.41) is 5.76. The van der Waals surface area contributed by atoms with Gasteiger partial charge in [-0.05, 0) is 30.7 Å². The molecule has 0 spiro atoms. The van der Waals surface area contributed by atoms with Crippen molar-refractivity contribution in [2.24, 2.45) is 5.29 Å². The number of esters is 1. The molecule has 0 bridgehead atoms. The van der Waals surface area contributed by atoms with E-state index in [-0.39, 0.29) is 0 Å². The molecule has 0 N–H and O–H groups in total. The van der Waals surface area contributed by atoms with Gasteiger partial charge in [0.25, 0.3) is 0 Å². The van der Waals surface area contributed by atoms with Crippen LogP contribution in [0.3, 0.4) is 0 Å². The highest BCUT2D eigenvalue weighted by atomic mass is 35.5. The monoisotopic (exact) mass is 357 g/mol. The van der Waals surface area contributed by atoms with Crippen molar-refractivity contribution in [2.75, 3.05) is 24.5 Å². The van der Waals surface area contributed by atoms with Gasteiger partial charge in [0.1, 0.15) is 0 Å². The van der Waals surface area contributed by atoms with Crippen LogP contribution in [0, 0.1) is 4.91 Å². The number of ether oxygens (including phenoxy) is 1. The van der Waals surface area contributed by atoms with Crippen LogP contribution in [0.25, 0.3) is 21.8 Å². The number of aromatic nitrogens is 1. The smallest absolute Gasteiger partial charge is 0.339 e. The second-order valence-corrected chi connectivity index (χ2v) is 5.82. The molecule has 6 nitrogen and oxygen atoms in total. The van der Waals surface area contributed by atoms with Crippen molar-refractivity contribution in [2.45, 2.75) is 6.42 Å². The number of fused-ring (bicyclic) bond motifs is 2. The number of carbonyl (C=O) groups is 1. The molecular weight excluding hydrogens is 342 g/mol. The van der Waals surface area contributed by atoms with Crippen LogP contribution < -0.4 is 5.01 Å². The summed E-state index contributed by atoms with van der Waals surface area (Å²) in [5.74, 6) is 0.0125. The highest BCUT2D eigenvalue weighted by molar-refractivity contribution is 6.17. The van der Waals surface area contributed by atoms with Crippen molar-refractivity contribution in [3.63, 3.8) is 0 Å². The van der Waals surface area contributed by atoms with Gasteiger partial charge in [-0.1, -0.05) is 18.2 Å². The average molecular weight is 358 g/mol. The van der Waals surface area contributed by atoms with E-state index in [4.69, 9.17) is 16.3 Å². The highest BCUT2D eigenvalue weighted by Crippen LogP contribution is 2.29. The maximum Gasteiger partial charge on any atom is 0.339 e. The topological polar surface area (TPSA) is 71.9 Å². The summed E-state index contributed by atoms with van der Waals surface area (Å²) in [4.78, 5) is 28.0. The Balaban J connectivity index is 2.22. The fourth-order valence-electron chi connectivity index (χ4n) is 2.79. The third-order valence-electron chi connectivity index (χ3n) is 3.95. The number of para-hydroxylation sites is 1. The lowest BCUT2D eigenvalue weighted by Crippen LogP contribution is -2.17. The Morgan fingerprint density at radius 2 is 1.96 bits per heavy atom. The van der Waals surface area contributed by atoms with Crippen molar-refractivity contribution in [1.29, 1.82) is 0 Å². The minimum atomic E-state index is -0.427. The van der Waals surface area contributed by atoms with E-state index < -0.39 is 5.97 Å². The lowest BCUT2D eigenvalue weighted by Gasteiger charge is -2.16. The number of benzene rings is 2. The fraction of sp³-hybridized carbons (Fsp3) is 0.222. The molecule has 0 saturated heterocycles. The average Bonchev–Trinajstić information content (AvgIpc) is 2.65. The molecule has 0 saturated carbocycles. The van der Waals surface area contributed by atoms with Gasteiger partial charge in [0.05, 0.1) is 34.7 Å². The van der Waals surface area contributed by atoms with Crippen molar-refractivity contribution in [3.05, 3.63) is 52.9 Å². The van der Waals surface area contributed by atoms with E-state index in [0.29, 0.717) is 46.5 Å². The number of rotatable bonds is 6. The molecule has 25 heavy (non-hydrogen) atoms. The Bertz CT molecular complexity index is 945. The first kappa shape index (κ1) is 17.1. The number of anilines is 1. The number of hydrogen-bond donors (Lipinski definition) is 0. The lowest BCUT2D eigenvalue weighted by atomic mass is 10.0. The Kier molecular flexibility index (Phi) is 5.09. The fourth-order valence-corrected chi connectivity index (χ4v) is 2.91. The van der Waals surface area contributed by atoms with Crippen molar-refractivity contribution in [1.82, 2.24) is 4.98 Å². The first-order valence-electron chi connectivity index (χ1n) is 7.77. The molecule has 0 radical (unpaired) electrons. The summed E-state index contributed by atoms with van der Waals surface area (Å²) in [6.07, 6.45) is 0.629. The van der Waals surface area contributed by atoms with E-state index in [1.165, 1.54) is 12.1 Å². The molecule has 2 aromatic carbocycles. The second-order valence-electron chi connectivity index (χ2n) is 5.44. The van der Waals surface area contributed by atoms with Gasteiger partial charge in [-0.15, -0.1) is 16.5 Å². The molecule has 0 fully saturated rings. The number of nitrogens with zero attached hydrogens (tertiary/aromatic N) is 3. The zero-order chi connectivity index (χ0) is 17.8. The van der Waals surface area contributed by atoms with Gasteiger partial charge >= 0.3 is 5.97 Å². The largest absolute Gasteiger partial charge is 0.465 e. The van der Waals surface area contributed by atoms with Gasteiger partial charge in [-0.3, -0.25) is 0 Å². The zero-order valence-electron chi connectivity index (χ0n) is 13.6. The second kappa shape index (κ2) is 7.44. The molecule has 0 aliphatic carbocycles. The highest BCUT2D eigenvalue weighted by Gasteiger charge is 2.17. The molecule has 0 unspecified atom stereocenters. The minimum absolute atomic E-state index is 0.413. The Morgan fingerprint density at radius 3 is 2.68 bits per heavy atom. The Labute approximate surface area is 149 Å². The van der Waals surface area contributed by atoms with E-state index in [9.17, 15) is 9.70 Å². The summed E-state index contributed by atoms with van der Waals surface area (Å²) >= 11 is 5.69. The Morgan fingerprint density at radius 1 is 1.20 bits per heavy atom. The van der Waals surface area contributed by atoms with E-state index in [0.717, 1.165) is 5.39 Å². The van der Waals surface area contributed by atoms with Crippen LogP contribution in [0.5, 0.6) is 0 Å². The first-order valence-corrected chi connectivity index (χ1v) is 8.30. The number of carbonyl (C=O) groups excluding carboxylic acids is 1. The normalized spacial score (nSPS) is 10.8. The summed E-state index contributed by atoms with van der Waals surface area (Å²) < 4.78 is 4.94. The van der Waals surface area contributed by atoms with Gasteiger partial charge in [0.15, 0.2) is 0 Å². The molecular formula is C18H16ClN3O3. The maximum absolute atomic E-state index is 12.3. The molecule has 1 heterocycles. The first-order chi connectivity index (χ1) is 12.2. The van der Waals surface area contributed by atoms with Crippen LogP contribution in [-0.2, 0) is 4.74 Å². The molecule has 3 rings (SSSR count). The molecule has 0 amide bonds. The van der Waals surface area contributed by atoms with Gasteiger partial charge in [0, 0.05) is 23.2 Å². The third kappa shape index (κ3) is 3.25. The SMILES string of the molecule is COC(=O)c1c2ccccc2nc2cc(N(CCCCl)N=O)ccc12. The van der Waals surface area contributed by atoms with Crippen LogP contribution in [0.15, 0.2) is 47.8 Å². The van der Waals surface area contributed by atoms with Gasteiger partial charge in [0.2, 0.25) is 0 Å². The van der Waals surface area contributed by atoms with E-state index in [1.54, 1.807) is 18.2 Å². The van der Waals surface area contributed by atoms with E-state index in [2.05, 4.69) is 10.3 Å². The molecule has 128 valence electrons. The minimum Gasteiger partial charge on any atom is -0.465 e. The van der Waals surface area contributed by atoms with Crippen LogP contribution in [0.1, 0.15) is 16.8 Å². The number of halogens is 1. The molecule has 0 atom stereocenters. The number of pyridine rings is 1. The summed E-state index contributed by atoms with van der Waals surface area (Å²) in [7, 11) is 1.35. The van der Waals surface area contributed by atoms with Crippen molar-refractivity contribution in [3.8, 4) is 0 Å². The molecule has 0 aliphatic heterocycles.